The molecule has 1 aromatic rings. The Morgan fingerprint density at radius 2 is 1.18 bits per heavy atom. The second kappa shape index (κ2) is 4.11. The van der Waals surface area contributed by atoms with Gasteiger partial charge in [-0.2, -0.15) is 0 Å². The second-order valence-corrected chi connectivity index (χ2v) is 6.91. The molecule has 0 radical (unpaired) electrons. The van der Waals surface area contributed by atoms with Gasteiger partial charge in [-0.25, -0.2) is 0 Å². The van der Waals surface area contributed by atoms with Gasteiger partial charge in [-0.15, -0.1) is 0 Å². The summed E-state index contributed by atoms with van der Waals surface area (Å²) in [7, 11) is 0. The minimum atomic E-state index is -0.823. The molecule has 0 amide bonds. The van der Waals surface area contributed by atoms with Gasteiger partial charge in [0.05, 0.1) is 5.66 Å². The van der Waals surface area contributed by atoms with Gasteiger partial charge in [0.2, 0.25) is 0 Å². The molecule has 1 aromatic carbocycles. The van der Waals surface area contributed by atoms with E-state index in [-0.39, 0.29) is 10.8 Å². The molecule has 96 valence electrons. The molecule has 0 fully saturated rings. The number of benzene rings is 1. The highest BCUT2D eigenvalue weighted by Gasteiger charge is 2.38. The van der Waals surface area contributed by atoms with Crippen molar-refractivity contribution in [1.29, 1.82) is 0 Å². The highest BCUT2D eigenvalue weighted by atomic mass is 15.0. The van der Waals surface area contributed by atoms with E-state index in [4.69, 9.17) is 11.5 Å². The lowest BCUT2D eigenvalue weighted by molar-refractivity contribution is 0.193. The Morgan fingerprint density at radius 3 is 1.53 bits per heavy atom. The maximum absolute atomic E-state index is 6.39. The van der Waals surface area contributed by atoms with Gasteiger partial charge in [0.1, 0.15) is 0 Å². The zero-order chi connectivity index (χ0) is 13.5. The molecule has 1 rings (SSSR count). The quantitative estimate of drug-likeness (QED) is 0.734. The lowest BCUT2D eigenvalue weighted by Gasteiger charge is -2.41. The van der Waals surface area contributed by atoms with Crippen LogP contribution in [0.3, 0.4) is 0 Å². The first-order valence-electron chi connectivity index (χ1n) is 6.15. The molecule has 0 aliphatic carbocycles. The molecule has 2 heteroatoms. The van der Waals surface area contributed by atoms with Gasteiger partial charge in [0.15, 0.2) is 0 Å². The van der Waals surface area contributed by atoms with Crippen LogP contribution in [0.5, 0.6) is 0 Å². The number of hydrogen-bond donors (Lipinski definition) is 2. The summed E-state index contributed by atoms with van der Waals surface area (Å²) in [5.74, 6) is 0. The van der Waals surface area contributed by atoms with Crippen LogP contribution in [0.2, 0.25) is 0 Å². The number of rotatable bonds is 1. The first-order chi connectivity index (χ1) is 7.48. The predicted octanol–water partition coefficient (Wildman–Crippen LogP) is 3.10. The monoisotopic (exact) mass is 234 g/mol. The first-order valence-corrected chi connectivity index (χ1v) is 6.15. The van der Waals surface area contributed by atoms with Crippen molar-refractivity contribution < 1.29 is 0 Å². The highest BCUT2D eigenvalue weighted by Crippen LogP contribution is 2.37. The Morgan fingerprint density at radius 1 is 0.765 bits per heavy atom. The molecule has 0 bridgehead atoms. The van der Waals surface area contributed by atoms with Crippen LogP contribution in [-0.2, 0) is 11.1 Å². The Balaban J connectivity index is 3.43. The summed E-state index contributed by atoms with van der Waals surface area (Å²) >= 11 is 0. The van der Waals surface area contributed by atoms with Crippen molar-refractivity contribution in [2.45, 2.75) is 52.6 Å². The molecule has 0 aliphatic rings. The van der Waals surface area contributed by atoms with Gasteiger partial charge < -0.3 is 11.5 Å². The lowest BCUT2D eigenvalue weighted by Crippen LogP contribution is -2.57. The van der Waals surface area contributed by atoms with Gasteiger partial charge in [0, 0.05) is 0 Å². The van der Waals surface area contributed by atoms with Gasteiger partial charge in [-0.05, 0) is 22.0 Å². The third-order valence-electron chi connectivity index (χ3n) is 3.42. The molecule has 17 heavy (non-hydrogen) atoms. The topological polar surface area (TPSA) is 52.0 Å². The molecule has 0 saturated carbocycles. The molecule has 2 nitrogen and oxygen atoms in total. The Bertz CT molecular complexity index is 392. The van der Waals surface area contributed by atoms with E-state index in [1.54, 1.807) is 0 Å². The van der Waals surface area contributed by atoms with E-state index in [1.165, 1.54) is 5.56 Å². The number of nitrogens with two attached hydrogens (primary N) is 2. The van der Waals surface area contributed by atoms with E-state index in [2.05, 4.69) is 47.6 Å². The fourth-order valence-corrected chi connectivity index (χ4v) is 1.90. The zero-order valence-electron chi connectivity index (χ0n) is 12.0. The summed E-state index contributed by atoms with van der Waals surface area (Å²) in [5.41, 5.74) is 14.1. The van der Waals surface area contributed by atoms with E-state index in [9.17, 15) is 0 Å². The van der Waals surface area contributed by atoms with Crippen LogP contribution in [-0.4, -0.2) is 0 Å². The average Bonchev–Trinajstić information content (AvgIpc) is 2.14. The Hall–Kier alpha value is -0.860. The van der Waals surface area contributed by atoms with Crippen LogP contribution in [0.1, 0.15) is 52.7 Å². The zero-order valence-corrected chi connectivity index (χ0v) is 12.0. The van der Waals surface area contributed by atoms with E-state index in [1.807, 2.05) is 18.2 Å². The van der Waals surface area contributed by atoms with Crippen LogP contribution in [0.4, 0.5) is 0 Å². The molecule has 0 atom stereocenters. The fraction of sp³-hybridized carbons (Fsp3) is 0.600. The van der Waals surface area contributed by atoms with Gasteiger partial charge in [0.25, 0.3) is 0 Å². The second-order valence-electron chi connectivity index (χ2n) is 6.91. The third-order valence-corrected chi connectivity index (χ3v) is 3.42. The first kappa shape index (κ1) is 14.2. The Kier molecular flexibility index (Phi) is 3.43. The molecule has 0 unspecified atom stereocenters. The Labute approximate surface area is 105 Å². The van der Waals surface area contributed by atoms with Crippen LogP contribution < -0.4 is 11.5 Å². The molecular formula is C15H26N2. The molecular weight excluding hydrogens is 208 g/mol. The SMILES string of the molecule is CC(C)(C)c1ccccc1C(N)(N)C(C)(C)C. The van der Waals surface area contributed by atoms with Crippen molar-refractivity contribution in [3.05, 3.63) is 35.4 Å². The molecule has 0 saturated heterocycles. The minimum Gasteiger partial charge on any atom is -0.309 e. The largest absolute Gasteiger partial charge is 0.309 e. The lowest BCUT2D eigenvalue weighted by atomic mass is 9.72. The number of hydrogen-bond acceptors (Lipinski definition) is 2. The summed E-state index contributed by atoms with van der Waals surface area (Å²) in [6, 6.07) is 8.22. The van der Waals surface area contributed by atoms with Crippen LogP contribution in [0.15, 0.2) is 24.3 Å². The van der Waals surface area contributed by atoms with Crippen LogP contribution in [0.25, 0.3) is 0 Å². The predicted molar refractivity (Wildman–Crippen MR) is 74.6 cm³/mol. The van der Waals surface area contributed by atoms with E-state index in [0.29, 0.717) is 0 Å². The molecule has 0 spiro atoms. The minimum absolute atomic E-state index is 0.0475. The van der Waals surface area contributed by atoms with E-state index >= 15 is 0 Å². The smallest absolute Gasteiger partial charge is 0.0952 e. The molecule has 0 aliphatic heterocycles. The summed E-state index contributed by atoms with van der Waals surface area (Å²) in [6.45, 7) is 12.8. The molecule has 4 N–H and O–H groups in total. The summed E-state index contributed by atoms with van der Waals surface area (Å²) < 4.78 is 0. The van der Waals surface area contributed by atoms with Crippen molar-refractivity contribution in [3.8, 4) is 0 Å². The molecule has 0 aromatic heterocycles. The standard InChI is InChI=1S/C15H26N2/c1-13(2,3)11-9-7-8-10-12(11)15(16,17)14(4,5)6/h7-10H,16-17H2,1-6H3. The fourth-order valence-electron chi connectivity index (χ4n) is 1.90. The summed E-state index contributed by atoms with van der Waals surface area (Å²) in [6.07, 6.45) is 0. The summed E-state index contributed by atoms with van der Waals surface area (Å²) in [4.78, 5) is 0. The maximum atomic E-state index is 6.39. The van der Waals surface area contributed by atoms with E-state index < -0.39 is 5.66 Å². The average molecular weight is 234 g/mol. The highest BCUT2D eigenvalue weighted by molar-refractivity contribution is 5.38. The third kappa shape index (κ3) is 2.70. The van der Waals surface area contributed by atoms with Gasteiger partial charge in [-0.1, -0.05) is 65.8 Å². The van der Waals surface area contributed by atoms with Crippen molar-refractivity contribution in [1.82, 2.24) is 0 Å². The van der Waals surface area contributed by atoms with Gasteiger partial charge in [-0.3, -0.25) is 0 Å². The van der Waals surface area contributed by atoms with Crippen LogP contribution >= 0.6 is 0 Å². The molecule has 0 heterocycles. The normalized spacial score (nSPS) is 13.9. The van der Waals surface area contributed by atoms with Gasteiger partial charge >= 0.3 is 0 Å². The van der Waals surface area contributed by atoms with E-state index in [0.717, 1.165) is 5.56 Å². The van der Waals surface area contributed by atoms with Crippen molar-refractivity contribution in [2.75, 3.05) is 0 Å². The van der Waals surface area contributed by atoms with Crippen molar-refractivity contribution in [3.63, 3.8) is 0 Å². The van der Waals surface area contributed by atoms with Crippen molar-refractivity contribution in [2.24, 2.45) is 16.9 Å². The maximum Gasteiger partial charge on any atom is 0.0952 e. The van der Waals surface area contributed by atoms with Crippen LogP contribution in [0, 0.1) is 5.41 Å². The van der Waals surface area contributed by atoms with Crippen molar-refractivity contribution >= 4 is 0 Å². The summed E-state index contributed by atoms with van der Waals surface area (Å²) in [5, 5.41) is 0.